The molecule has 101 valence electrons. The van der Waals surface area contributed by atoms with E-state index in [1.54, 1.807) is 0 Å². The molecular weight excluding hydrogens is 264 g/mol. The third-order valence-electron chi connectivity index (χ3n) is 4.52. The zero-order chi connectivity index (χ0) is 14.5. The summed E-state index contributed by atoms with van der Waals surface area (Å²) in [6.45, 7) is 0. The first kappa shape index (κ1) is 11.8. The molecule has 0 aliphatic carbocycles. The van der Waals surface area contributed by atoms with Crippen molar-refractivity contribution in [3.05, 3.63) is 84.9 Å². The van der Waals surface area contributed by atoms with Crippen molar-refractivity contribution in [1.82, 2.24) is 0 Å². The summed E-state index contributed by atoms with van der Waals surface area (Å²) in [6.07, 6.45) is 0. The maximum absolute atomic E-state index is 3.53. The van der Waals surface area contributed by atoms with Gasteiger partial charge >= 0.3 is 0 Å². The average molecular weight is 277 g/mol. The highest BCUT2D eigenvalue weighted by Gasteiger charge is 2.11. The molecule has 0 saturated carbocycles. The van der Waals surface area contributed by atoms with Gasteiger partial charge in [0.2, 0.25) is 0 Å². The highest BCUT2D eigenvalue weighted by Crippen LogP contribution is 2.38. The zero-order valence-corrected chi connectivity index (χ0v) is 12.0. The Morgan fingerprint density at radius 2 is 1.27 bits per heavy atom. The van der Waals surface area contributed by atoms with Crippen molar-refractivity contribution in [3.8, 4) is 11.1 Å². The highest BCUT2D eigenvalue weighted by atomic mass is 14.1. The Kier molecular flexibility index (Phi) is 2.31. The fourth-order valence-electron chi connectivity index (χ4n) is 3.50. The lowest BCUT2D eigenvalue weighted by Gasteiger charge is -2.13. The molecule has 5 aromatic carbocycles. The quantitative estimate of drug-likeness (QED) is 0.327. The van der Waals surface area contributed by atoms with Gasteiger partial charge in [-0.15, -0.1) is 0 Å². The molecule has 1 radical (unpaired) electrons. The summed E-state index contributed by atoms with van der Waals surface area (Å²) in [5.41, 5.74) is 2.50. The molecule has 0 unspecified atom stereocenters. The zero-order valence-electron chi connectivity index (χ0n) is 12.0. The number of hydrogen-bond acceptors (Lipinski definition) is 0. The largest absolute Gasteiger partial charge is 0.0622 e. The normalized spacial score (nSPS) is 11.6. The second-order valence-electron chi connectivity index (χ2n) is 5.75. The van der Waals surface area contributed by atoms with Crippen LogP contribution in [0.4, 0.5) is 0 Å². The fourth-order valence-corrected chi connectivity index (χ4v) is 3.50. The third kappa shape index (κ3) is 1.52. The first-order valence-corrected chi connectivity index (χ1v) is 7.55. The lowest BCUT2D eigenvalue weighted by molar-refractivity contribution is 1.66. The van der Waals surface area contributed by atoms with Gasteiger partial charge in [-0.05, 0) is 55.6 Å². The summed E-state index contributed by atoms with van der Waals surface area (Å²) in [4.78, 5) is 0. The second-order valence-corrected chi connectivity index (χ2v) is 5.75. The van der Waals surface area contributed by atoms with Crippen molar-refractivity contribution in [3.63, 3.8) is 0 Å². The predicted molar refractivity (Wildman–Crippen MR) is 94.4 cm³/mol. The summed E-state index contributed by atoms with van der Waals surface area (Å²) in [5, 5.41) is 7.75. The smallest absolute Gasteiger partial charge is 0.00139 e. The maximum atomic E-state index is 3.53. The van der Waals surface area contributed by atoms with Crippen LogP contribution in [0.1, 0.15) is 0 Å². The van der Waals surface area contributed by atoms with E-state index in [0.717, 1.165) is 0 Å². The average Bonchev–Trinajstić information content (AvgIpc) is 2.60. The van der Waals surface area contributed by atoms with Crippen LogP contribution in [0.15, 0.2) is 78.9 Å². The van der Waals surface area contributed by atoms with Crippen molar-refractivity contribution in [2.24, 2.45) is 0 Å². The summed E-state index contributed by atoms with van der Waals surface area (Å²) in [5.74, 6) is 0. The van der Waals surface area contributed by atoms with Gasteiger partial charge in [0.1, 0.15) is 0 Å². The lowest BCUT2D eigenvalue weighted by Crippen LogP contribution is -1.87. The minimum Gasteiger partial charge on any atom is -0.0622 e. The van der Waals surface area contributed by atoms with Gasteiger partial charge in [-0.25, -0.2) is 0 Å². The second kappa shape index (κ2) is 4.32. The van der Waals surface area contributed by atoms with E-state index in [0.29, 0.717) is 0 Å². The molecule has 0 heterocycles. The van der Waals surface area contributed by atoms with Crippen LogP contribution >= 0.6 is 0 Å². The van der Waals surface area contributed by atoms with Gasteiger partial charge in [0, 0.05) is 0 Å². The van der Waals surface area contributed by atoms with Crippen molar-refractivity contribution in [2.45, 2.75) is 0 Å². The lowest BCUT2D eigenvalue weighted by atomic mass is 9.90. The number of hydrogen-bond donors (Lipinski definition) is 0. The van der Waals surface area contributed by atoms with Crippen molar-refractivity contribution >= 4 is 32.3 Å². The molecule has 0 amide bonds. The molecule has 0 atom stereocenters. The topological polar surface area (TPSA) is 0 Å². The minimum absolute atomic E-state index is 1.22. The number of rotatable bonds is 1. The van der Waals surface area contributed by atoms with Gasteiger partial charge in [0.15, 0.2) is 0 Å². The van der Waals surface area contributed by atoms with Gasteiger partial charge < -0.3 is 0 Å². The molecule has 22 heavy (non-hydrogen) atoms. The molecule has 5 rings (SSSR count). The van der Waals surface area contributed by atoms with E-state index in [-0.39, 0.29) is 0 Å². The van der Waals surface area contributed by atoms with Gasteiger partial charge in [0.05, 0.1) is 0 Å². The summed E-state index contributed by atoms with van der Waals surface area (Å²) in [6, 6.07) is 31.6. The molecule has 5 aromatic rings. The first-order valence-electron chi connectivity index (χ1n) is 7.55. The Hall–Kier alpha value is -2.86. The van der Waals surface area contributed by atoms with Crippen molar-refractivity contribution < 1.29 is 0 Å². The van der Waals surface area contributed by atoms with Crippen LogP contribution in [-0.4, -0.2) is 0 Å². The molecule has 0 saturated heterocycles. The van der Waals surface area contributed by atoms with E-state index >= 15 is 0 Å². The van der Waals surface area contributed by atoms with Crippen LogP contribution in [0.3, 0.4) is 0 Å². The van der Waals surface area contributed by atoms with E-state index in [9.17, 15) is 0 Å². The van der Waals surface area contributed by atoms with E-state index in [2.05, 4.69) is 84.9 Å². The predicted octanol–water partition coefficient (Wildman–Crippen LogP) is 6.05. The first-order chi connectivity index (χ1) is 10.9. The van der Waals surface area contributed by atoms with Gasteiger partial charge in [0.25, 0.3) is 0 Å². The van der Waals surface area contributed by atoms with E-state index < -0.39 is 0 Å². The van der Waals surface area contributed by atoms with Crippen molar-refractivity contribution in [2.75, 3.05) is 0 Å². The Morgan fingerprint density at radius 1 is 0.545 bits per heavy atom. The summed E-state index contributed by atoms with van der Waals surface area (Å²) < 4.78 is 0. The molecule has 0 nitrogen and oxygen atoms in total. The molecule has 0 spiro atoms. The Balaban J connectivity index is 2.02. The molecule has 0 N–H and O–H groups in total. The minimum atomic E-state index is 1.22. The molecule has 0 bridgehead atoms. The Morgan fingerprint density at radius 3 is 2.14 bits per heavy atom. The molecule has 0 aliphatic rings. The summed E-state index contributed by atoms with van der Waals surface area (Å²) in [7, 11) is 0. The molecular formula is C22H13. The number of benzene rings is 5. The van der Waals surface area contributed by atoms with Gasteiger partial charge in [-0.3, -0.25) is 0 Å². The van der Waals surface area contributed by atoms with E-state index in [1.807, 2.05) is 0 Å². The van der Waals surface area contributed by atoms with E-state index in [4.69, 9.17) is 0 Å². The van der Waals surface area contributed by atoms with Gasteiger partial charge in [-0.2, -0.15) is 0 Å². The molecule has 0 aromatic heterocycles. The van der Waals surface area contributed by atoms with Crippen LogP contribution in [0.2, 0.25) is 0 Å². The van der Waals surface area contributed by atoms with Gasteiger partial charge in [-0.1, -0.05) is 72.8 Å². The Bertz CT molecular complexity index is 1090. The molecule has 0 aliphatic heterocycles. The SMILES string of the molecule is [c]1cc2cccc3ccc4ccc(-c5ccccc5)c1c4c23. The monoisotopic (exact) mass is 277 g/mol. The van der Waals surface area contributed by atoms with Crippen LogP contribution in [0, 0.1) is 6.07 Å². The maximum Gasteiger partial charge on any atom is -0.00139 e. The van der Waals surface area contributed by atoms with E-state index in [1.165, 1.54) is 43.4 Å². The standard InChI is InChI=1S/C22H13/c1-2-5-15(6-3-1)19-13-11-18-10-9-16-7-4-8-17-12-14-20(19)22(18)21(16)17/h1-13H. The van der Waals surface area contributed by atoms with Crippen LogP contribution in [0.5, 0.6) is 0 Å². The third-order valence-corrected chi connectivity index (χ3v) is 4.52. The molecule has 0 fully saturated rings. The van der Waals surface area contributed by atoms with Crippen molar-refractivity contribution in [1.29, 1.82) is 0 Å². The van der Waals surface area contributed by atoms with Crippen LogP contribution in [-0.2, 0) is 0 Å². The Labute approximate surface area is 129 Å². The summed E-state index contributed by atoms with van der Waals surface area (Å²) >= 11 is 0. The van der Waals surface area contributed by atoms with Crippen LogP contribution < -0.4 is 0 Å². The molecule has 0 heteroatoms. The highest BCUT2D eigenvalue weighted by molar-refractivity contribution is 6.25. The van der Waals surface area contributed by atoms with Crippen LogP contribution in [0.25, 0.3) is 43.4 Å². The fraction of sp³-hybridized carbons (Fsp3) is 0.